The normalized spacial score (nSPS) is 12.1. The van der Waals surface area contributed by atoms with E-state index in [1.54, 1.807) is 0 Å². The Hall–Kier alpha value is -1.32. The predicted molar refractivity (Wildman–Crippen MR) is 98.3 cm³/mol. The maximum absolute atomic E-state index is 11.5. The van der Waals surface area contributed by atoms with E-state index in [-0.39, 0.29) is 11.1 Å². The molecule has 0 radical (unpaired) electrons. The van der Waals surface area contributed by atoms with Crippen LogP contribution in [0.25, 0.3) is 0 Å². The molecule has 0 fully saturated rings. The Morgan fingerprint density at radius 2 is 0.833 bits per heavy atom. The predicted octanol–water partition coefficient (Wildman–Crippen LogP) is 5.95. The molecule has 4 heteroatoms. The first-order valence-corrected chi connectivity index (χ1v) is 9.73. The molecule has 0 unspecified atom stereocenters. The van der Waals surface area contributed by atoms with E-state index >= 15 is 0 Å². The highest BCUT2D eigenvalue weighted by atomic mass is 16.4. The standard InChI is InChI=1S/C20H36O4/c1-3-5-7-9-11-13-15-17(19(21)22)18(20(23)24)16-14-12-10-8-6-4-2/h3-16H2,1-2H3,(H,21,22)(H,23,24)/b18-17+. The second-order valence-electron chi connectivity index (χ2n) is 6.60. The molecule has 0 amide bonds. The van der Waals surface area contributed by atoms with E-state index in [1.165, 1.54) is 38.5 Å². The van der Waals surface area contributed by atoms with E-state index in [2.05, 4.69) is 13.8 Å². The zero-order chi connectivity index (χ0) is 18.2. The molecule has 4 nitrogen and oxygen atoms in total. The van der Waals surface area contributed by atoms with Crippen LogP contribution in [0.15, 0.2) is 11.1 Å². The van der Waals surface area contributed by atoms with E-state index in [1.807, 2.05) is 0 Å². The third kappa shape index (κ3) is 11.3. The number of carboxylic acids is 2. The van der Waals surface area contributed by atoms with E-state index in [0.717, 1.165) is 38.5 Å². The SMILES string of the molecule is CCCCCCCC/C(C(=O)O)=C(/CCCCCCCC)C(=O)O. The first kappa shape index (κ1) is 22.7. The van der Waals surface area contributed by atoms with Gasteiger partial charge in [-0.05, 0) is 25.7 Å². The largest absolute Gasteiger partial charge is 0.478 e. The van der Waals surface area contributed by atoms with Gasteiger partial charge in [-0.25, -0.2) is 9.59 Å². The average molecular weight is 341 g/mol. The van der Waals surface area contributed by atoms with Crippen molar-refractivity contribution in [2.75, 3.05) is 0 Å². The van der Waals surface area contributed by atoms with E-state index in [4.69, 9.17) is 0 Å². The van der Waals surface area contributed by atoms with Crippen LogP contribution in [0.5, 0.6) is 0 Å². The van der Waals surface area contributed by atoms with Crippen molar-refractivity contribution < 1.29 is 19.8 Å². The quantitative estimate of drug-likeness (QED) is 0.269. The molecule has 0 rings (SSSR count). The van der Waals surface area contributed by atoms with Crippen LogP contribution in [0, 0.1) is 0 Å². The summed E-state index contributed by atoms with van der Waals surface area (Å²) in [5, 5.41) is 18.8. The number of unbranched alkanes of at least 4 members (excludes halogenated alkanes) is 10. The monoisotopic (exact) mass is 340 g/mol. The van der Waals surface area contributed by atoms with Crippen LogP contribution in [-0.2, 0) is 9.59 Å². The highest BCUT2D eigenvalue weighted by Crippen LogP contribution is 2.21. The molecule has 0 aromatic rings. The van der Waals surface area contributed by atoms with Gasteiger partial charge >= 0.3 is 11.9 Å². The second-order valence-corrected chi connectivity index (χ2v) is 6.60. The molecule has 140 valence electrons. The summed E-state index contributed by atoms with van der Waals surface area (Å²) in [6.07, 6.45) is 13.5. The average Bonchev–Trinajstić information content (AvgIpc) is 2.54. The van der Waals surface area contributed by atoms with Crippen molar-refractivity contribution >= 4 is 11.9 Å². The highest BCUT2D eigenvalue weighted by molar-refractivity contribution is 5.98. The summed E-state index contributed by atoms with van der Waals surface area (Å²) < 4.78 is 0. The van der Waals surface area contributed by atoms with Gasteiger partial charge in [-0.15, -0.1) is 0 Å². The molecule has 0 spiro atoms. The van der Waals surface area contributed by atoms with E-state index in [9.17, 15) is 19.8 Å². The molecule has 0 heterocycles. The summed E-state index contributed by atoms with van der Waals surface area (Å²) in [6.45, 7) is 4.32. The summed E-state index contributed by atoms with van der Waals surface area (Å²) in [4.78, 5) is 22.9. The van der Waals surface area contributed by atoms with Crippen molar-refractivity contribution in [2.45, 2.75) is 104 Å². The molecule has 0 aromatic heterocycles. The Bertz CT molecular complexity index is 349. The molecule has 0 aliphatic carbocycles. The van der Waals surface area contributed by atoms with Crippen LogP contribution in [0.1, 0.15) is 104 Å². The van der Waals surface area contributed by atoms with Crippen LogP contribution in [0.4, 0.5) is 0 Å². The molecule has 0 saturated heterocycles. The summed E-state index contributed by atoms with van der Waals surface area (Å²) in [7, 11) is 0. The van der Waals surface area contributed by atoms with Crippen LogP contribution >= 0.6 is 0 Å². The smallest absolute Gasteiger partial charge is 0.332 e. The Morgan fingerprint density at radius 3 is 1.12 bits per heavy atom. The molecule has 0 atom stereocenters. The van der Waals surface area contributed by atoms with Gasteiger partial charge in [-0.2, -0.15) is 0 Å². The molecular weight excluding hydrogens is 304 g/mol. The molecule has 0 saturated carbocycles. The van der Waals surface area contributed by atoms with Crippen LogP contribution < -0.4 is 0 Å². The minimum Gasteiger partial charge on any atom is -0.478 e. The van der Waals surface area contributed by atoms with Gasteiger partial charge < -0.3 is 10.2 Å². The first-order valence-electron chi connectivity index (χ1n) is 9.73. The molecular formula is C20H36O4. The fourth-order valence-electron chi connectivity index (χ4n) is 2.94. The third-order valence-electron chi connectivity index (χ3n) is 4.44. The summed E-state index contributed by atoms with van der Waals surface area (Å²) in [5.41, 5.74) is 0.234. The van der Waals surface area contributed by atoms with Gasteiger partial charge in [0.05, 0.1) is 0 Å². The van der Waals surface area contributed by atoms with Gasteiger partial charge in [-0.1, -0.05) is 78.1 Å². The van der Waals surface area contributed by atoms with Crippen LogP contribution in [0.3, 0.4) is 0 Å². The van der Waals surface area contributed by atoms with E-state index < -0.39 is 11.9 Å². The number of hydrogen-bond donors (Lipinski definition) is 2. The van der Waals surface area contributed by atoms with Crippen molar-refractivity contribution in [2.24, 2.45) is 0 Å². The van der Waals surface area contributed by atoms with Gasteiger partial charge in [0.15, 0.2) is 0 Å². The van der Waals surface area contributed by atoms with Crippen molar-refractivity contribution in [1.29, 1.82) is 0 Å². The van der Waals surface area contributed by atoms with Crippen molar-refractivity contribution in [3.8, 4) is 0 Å². The van der Waals surface area contributed by atoms with Crippen molar-refractivity contribution in [3.05, 3.63) is 11.1 Å². The van der Waals surface area contributed by atoms with Crippen molar-refractivity contribution in [3.63, 3.8) is 0 Å². The zero-order valence-corrected chi connectivity index (χ0v) is 15.6. The minimum absolute atomic E-state index is 0.117. The Morgan fingerprint density at radius 1 is 0.542 bits per heavy atom. The van der Waals surface area contributed by atoms with Gasteiger partial charge in [0.25, 0.3) is 0 Å². The third-order valence-corrected chi connectivity index (χ3v) is 4.44. The highest BCUT2D eigenvalue weighted by Gasteiger charge is 2.19. The number of hydrogen-bond acceptors (Lipinski definition) is 2. The lowest BCUT2D eigenvalue weighted by Crippen LogP contribution is -2.12. The maximum atomic E-state index is 11.5. The topological polar surface area (TPSA) is 74.6 Å². The minimum atomic E-state index is -1.06. The number of rotatable bonds is 16. The summed E-state index contributed by atoms with van der Waals surface area (Å²) in [5.74, 6) is -2.13. The van der Waals surface area contributed by atoms with Crippen LogP contribution in [-0.4, -0.2) is 22.2 Å². The molecule has 2 N–H and O–H groups in total. The number of carboxylic acid groups (broad SMARTS) is 2. The fraction of sp³-hybridized carbons (Fsp3) is 0.800. The first-order chi connectivity index (χ1) is 11.5. The Balaban J connectivity index is 4.44. The Labute approximate surface area is 147 Å². The number of carbonyl (C=O) groups is 2. The fourth-order valence-corrected chi connectivity index (χ4v) is 2.94. The zero-order valence-electron chi connectivity index (χ0n) is 15.6. The lowest BCUT2D eigenvalue weighted by atomic mass is 9.96. The van der Waals surface area contributed by atoms with Gasteiger partial charge in [0.2, 0.25) is 0 Å². The summed E-state index contributed by atoms with van der Waals surface area (Å²) in [6, 6.07) is 0. The van der Waals surface area contributed by atoms with Gasteiger partial charge in [-0.3, -0.25) is 0 Å². The lowest BCUT2D eigenvalue weighted by Gasteiger charge is -2.09. The van der Waals surface area contributed by atoms with Gasteiger partial charge in [0, 0.05) is 11.1 Å². The molecule has 0 aliphatic heterocycles. The lowest BCUT2D eigenvalue weighted by molar-refractivity contribution is -0.136. The number of aliphatic carboxylic acids is 2. The molecule has 0 bridgehead atoms. The second kappa shape index (κ2) is 15.2. The Kier molecular flexibility index (Phi) is 14.4. The van der Waals surface area contributed by atoms with Crippen LogP contribution in [0.2, 0.25) is 0 Å². The van der Waals surface area contributed by atoms with E-state index in [0.29, 0.717) is 12.8 Å². The molecule has 24 heavy (non-hydrogen) atoms. The molecule has 0 aliphatic rings. The maximum Gasteiger partial charge on any atom is 0.332 e. The van der Waals surface area contributed by atoms with Gasteiger partial charge in [0.1, 0.15) is 0 Å². The molecule has 0 aromatic carbocycles. The van der Waals surface area contributed by atoms with Crippen molar-refractivity contribution in [1.82, 2.24) is 0 Å². The summed E-state index contributed by atoms with van der Waals surface area (Å²) >= 11 is 0.